The van der Waals surface area contributed by atoms with Crippen molar-refractivity contribution in [1.29, 1.82) is 0 Å². The first-order valence-corrected chi connectivity index (χ1v) is 11.4. The number of nitrogens with zero attached hydrogens (tertiary/aromatic N) is 4. The Morgan fingerprint density at radius 3 is 2.56 bits per heavy atom. The fourth-order valence-corrected chi connectivity index (χ4v) is 3.91. The Hall–Kier alpha value is -3.11. The largest absolute Gasteiger partial charge is 0.402 e. The predicted molar refractivity (Wildman–Crippen MR) is 130 cm³/mol. The Kier molecular flexibility index (Phi) is 8.07. The van der Waals surface area contributed by atoms with E-state index in [0.717, 1.165) is 42.3 Å². The first-order valence-electron chi connectivity index (χ1n) is 10.6. The third kappa shape index (κ3) is 6.96. The van der Waals surface area contributed by atoms with Crippen LogP contribution in [0.3, 0.4) is 0 Å². The van der Waals surface area contributed by atoms with E-state index in [-0.39, 0.29) is 17.8 Å². The molecule has 7 N–H and O–H groups in total. The van der Waals surface area contributed by atoms with E-state index in [9.17, 15) is 4.79 Å². The van der Waals surface area contributed by atoms with Crippen molar-refractivity contribution < 1.29 is 4.79 Å². The van der Waals surface area contributed by atoms with Crippen molar-refractivity contribution in [3.63, 3.8) is 0 Å². The number of benzene rings is 1. The van der Waals surface area contributed by atoms with Gasteiger partial charge in [0.2, 0.25) is 5.91 Å². The van der Waals surface area contributed by atoms with Crippen molar-refractivity contribution in [3.8, 4) is 0 Å². The van der Waals surface area contributed by atoms with Gasteiger partial charge >= 0.3 is 0 Å². The highest BCUT2D eigenvalue weighted by atomic mass is 32.2. The van der Waals surface area contributed by atoms with Crippen LogP contribution in [0.5, 0.6) is 0 Å². The van der Waals surface area contributed by atoms with Gasteiger partial charge in [0, 0.05) is 47.9 Å². The number of nitrogens with one attached hydrogen (secondary N) is 1. The zero-order chi connectivity index (χ0) is 23.1. The number of amides is 1. The molecule has 1 amide bonds. The normalized spacial score (nSPS) is 15.7. The summed E-state index contributed by atoms with van der Waals surface area (Å²) in [6, 6.07) is 9.61. The average molecular weight is 455 g/mol. The number of piperidine rings is 1. The van der Waals surface area contributed by atoms with Crippen LogP contribution >= 0.6 is 11.8 Å². The van der Waals surface area contributed by atoms with Crippen LogP contribution < -0.4 is 27.4 Å². The molecule has 32 heavy (non-hydrogen) atoms. The van der Waals surface area contributed by atoms with Crippen LogP contribution in [0.2, 0.25) is 0 Å². The summed E-state index contributed by atoms with van der Waals surface area (Å²) in [7, 11) is 0. The number of hydrogen-bond donors (Lipinski definition) is 4. The number of carbonyl (C=O) groups is 1. The quantitative estimate of drug-likeness (QED) is 0.283. The maximum Gasteiger partial charge on any atom is 0.224 e. The molecular formula is C22H30N8OS. The molecule has 2 heterocycles. The molecule has 9 nitrogen and oxygen atoms in total. The minimum atomic E-state index is -0.0236. The van der Waals surface area contributed by atoms with E-state index in [1.165, 1.54) is 11.8 Å². The highest BCUT2D eigenvalue weighted by Crippen LogP contribution is 2.30. The van der Waals surface area contributed by atoms with Crippen LogP contribution in [0.25, 0.3) is 0 Å². The fraction of sp³-hybridized carbons (Fsp3) is 0.364. The van der Waals surface area contributed by atoms with Gasteiger partial charge in [-0.15, -0.1) is 0 Å². The van der Waals surface area contributed by atoms with Gasteiger partial charge in [0.05, 0.1) is 0 Å². The number of nitrogens with two attached hydrogens (primary N) is 3. The summed E-state index contributed by atoms with van der Waals surface area (Å²) in [5.41, 5.74) is 19.1. The molecule has 1 fully saturated rings. The van der Waals surface area contributed by atoms with Crippen LogP contribution in [0.4, 0.5) is 17.3 Å². The summed E-state index contributed by atoms with van der Waals surface area (Å²) in [5.74, 6) is 1.52. The van der Waals surface area contributed by atoms with Gasteiger partial charge in [-0.1, -0.05) is 6.92 Å². The number of hydrogen-bond acceptors (Lipinski definition) is 8. The third-order valence-corrected chi connectivity index (χ3v) is 5.70. The second-order valence-electron chi connectivity index (χ2n) is 7.64. The Bertz CT molecular complexity index is 993. The maximum atomic E-state index is 11.6. The van der Waals surface area contributed by atoms with Crippen molar-refractivity contribution in [1.82, 2.24) is 9.97 Å². The highest BCUT2D eigenvalue weighted by molar-refractivity contribution is 7.99. The SMILES string of the molecule is CCC(=O)Nc1ccc(Sc2nc(N=C(N)C=C(C)N)cc(N3CCC(N)CC3)n2)cc1. The molecule has 10 heteroatoms. The smallest absolute Gasteiger partial charge is 0.224 e. The van der Waals surface area contributed by atoms with Crippen molar-refractivity contribution in [2.45, 2.75) is 49.2 Å². The van der Waals surface area contributed by atoms with E-state index in [1.807, 2.05) is 37.3 Å². The molecule has 3 rings (SSSR count). The predicted octanol–water partition coefficient (Wildman–Crippen LogP) is 2.76. The first kappa shape index (κ1) is 23.6. The van der Waals surface area contributed by atoms with Crippen molar-refractivity contribution in [2.24, 2.45) is 22.2 Å². The molecule has 1 aliphatic heterocycles. The van der Waals surface area contributed by atoms with Crippen molar-refractivity contribution in [3.05, 3.63) is 42.1 Å². The van der Waals surface area contributed by atoms with E-state index in [4.69, 9.17) is 22.2 Å². The molecular weight excluding hydrogens is 424 g/mol. The number of aliphatic imine (C=N–C) groups is 1. The van der Waals surface area contributed by atoms with Gasteiger partial charge in [0.1, 0.15) is 11.7 Å². The van der Waals surface area contributed by atoms with Gasteiger partial charge in [0.15, 0.2) is 11.0 Å². The van der Waals surface area contributed by atoms with Crippen LogP contribution in [0.1, 0.15) is 33.1 Å². The van der Waals surface area contributed by atoms with E-state index in [1.54, 1.807) is 13.0 Å². The molecule has 0 bridgehead atoms. The second-order valence-corrected chi connectivity index (χ2v) is 8.69. The van der Waals surface area contributed by atoms with Crippen LogP contribution in [-0.4, -0.2) is 40.8 Å². The van der Waals surface area contributed by atoms with Gasteiger partial charge in [-0.25, -0.2) is 15.0 Å². The average Bonchev–Trinajstić information content (AvgIpc) is 2.74. The summed E-state index contributed by atoms with van der Waals surface area (Å²) in [5, 5.41) is 3.40. The molecule has 2 aromatic rings. The molecule has 0 aliphatic carbocycles. The summed E-state index contributed by atoms with van der Waals surface area (Å²) >= 11 is 1.42. The lowest BCUT2D eigenvalue weighted by atomic mass is 10.1. The van der Waals surface area contributed by atoms with E-state index in [0.29, 0.717) is 23.1 Å². The number of carbonyl (C=O) groups excluding carboxylic acids is 1. The summed E-state index contributed by atoms with van der Waals surface area (Å²) in [6.45, 7) is 5.22. The van der Waals surface area contributed by atoms with Gasteiger partial charge in [-0.2, -0.15) is 0 Å². The number of anilines is 2. The van der Waals surface area contributed by atoms with Gasteiger partial charge in [-0.3, -0.25) is 4.79 Å². The third-order valence-electron chi connectivity index (χ3n) is 4.83. The van der Waals surface area contributed by atoms with E-state index < -0.39 is 0 Å². The van der Waals surface area contributed by atoms with Crippen molar-refractivity contribution >= 4 is 40.8 Å². The molecule has 1 aromatic carbocycles. The van der Waals surface area contributed by atoms with Crippen LogP contribution in [0.15, 0.2) is 57.1 Å². The Balaban J connectivity index is 1.86. The number of aromatic nitrogens is 2. The molecule has 0 unspecified atom stereocenters. The van der Waals surface area contributed by atoms with Gasteiger partial charge < -0.3 is 27.4 Å². The Morgan fingerprint density at radius 2 is 1.94 bits per heavy atom. The Labute approximate surface area is 192 Å². The second kappa shape index (κ2) is 11.0. The lowest BCUT2D eigenvalue weighted by molar-refractivity contribution is -0.115. The van der Waals surface area contributed by atoms with Crippen molar-refractivity contribution in [2.75, 3.05) is 23.3 Å². The van der Waals surface area contributed by atoms with Gasteiger partial charge in [-0.05, 0) is 61.9 Å². The van der Waals surface area contributed by atoms with Gasteiger partial charge in [0.25, 0.3) is 0 Å². The zero-order valence-electron chi connectivity index (χ0n) is 18.4. The summed E-state index contributed by atoms with van der Waals surface area (Å²) in [6.07, 6.45) is 3.85. The molecule has 0 radical (unpaired) electrons. The molecule has 1 aliphatic rings. The standard InChI is InChI=1S/C22H30N8OS/c1-3-21(31)26-16-4-6-17(7-5-16)32-22-28-19(27-18(25)12-14(2)23)13-20(29-22)30-10-8-15(24)9-11-30/h4-7,12-13,15H,3,8-11,23-24H2,1-2H3,(H,26,31)(H2,25,27,28,29). The van der Waals surface area contributed by atoms with E-state index in [2.05, 4.69) is 20.2 Å². The van der Waals surface area contributed by atoms with E-state index >= 15 is 0 Å². The molecule has 0 atom stereocenters. The van der Waals surface area contributed by atoms with Crippen LogP contribution in [-0.2, 0) is 4.79 Å². The molecule has 1 aromatic heterocycles. The highest BCUT2D eigenvalue weighted by Gasteiger charge is 2.19. The summed E-state index contributed by atoms with van der Waals surface area (Å²) in [4.78, 5) is 28.4. The number of allylic oxidation sites excluding steroid dienone is 1. The molecule has 170 valence electrons. The fourth-order valence-electron chi connectivity index (χ4n) is 3.15. The monoisotopic (exact) mass is 454 g/mol. The maximum absolute atomic E-state index is 11.6. The first-order chi connectivity index (χ1) is 15.3. The minimum absolute atomic E-state index is 0.0236. The lowest BCUT2D eigenvalue weighted by Crippen LogP contribution is -2.40. The number of amidine groups is 1. The van der Waals surface area contributed by atoms with Crippen LogP contribution in [0, 0.1) is 0 Å². The molecule has 1 saturated heterocycles. The topological polar surface area (TPSA) is 149 Å². The minimum Gasteiger partial charge on any atom is -0.402 e. The Morgan fingerprint density at radius 1 is 1.25 bits per heavy atom. The number of rotatable bonds is 7. The molecule has 0 saturated carbocycles. The lowest BCUT2D eigenvalue weighted by Gasteiger charge is -2.31. The summed E-state index contributed by atoms with van der Waals surface area (Å²) < 4.78 is 0. The molecule has 0 spiro atoms. The zero-order valence-corrected chi connectivity index (χ0v) is 19.2.